The molecule has 0 saturated heterocycles. The van der Waals surface area contributed by atoms with Gasteiger partial charge in [0.05, 0.1) is 0 Å². The van der Waals surface area contributed by atoms with Gasteiger partial charge in [0, 0.05) is 6.42 Å². The van der Waals surface area contributed by atoms with Crippen LogP contribution in [0.3, 0.4) is 0 Å². The lowest BCUT2D eigenvalue weighted by Gasteiger charge is -2.30. The van der Waals surface area contributed by atoms with E-state index in [1.165, 1.54) is 32.9 Å². The fraction of sp³-hybridized carbons (Fsp3) is 0.208. The van der Waals surface area contributed by atoms with Gasteiger partial charge < -0.3 is 13.8 Å². The van der Waals surface area contributed by atoms with E-state index in [-0.39, 0.29) is 12.2 Å². The molecule has 0 aliphatic heterocycles. The molecular weight excluding hydrogens is 508 g/mol. The van der Waals surface area contributed by atoms with Crippen LogP contribution in [0.5, 0.6) is 11.5 Å². The molecule has 0 saturated carbocycles. The molecule has 6 nitrogen and oxygen atoms in total. The van der Waals surface area contributed by atoms with E-state index in [2.05, 4.69) is 5.09 Å². The number of rotatable bonds is 9. The summed E-state index contributed by atoms with van der Waals surface area (Å²) in [4.78, 5) is 11.7. The lowest BCUT2D eigenvalue weighted by molar-refractivity contribution is -0.157. The summed E-state index contributed by atoms with van der Waals surface area (Å²) in [5, 5.41) is 2.18. The molecule has 0 spiro atoms. The van der Waals surface area contributed by atoms with Crippen molar-refractivity contribution in [2.45, 2.75) is 32.9 Å². The molecule has 12 heteroatoms. The monoisotopic (exact) mass is 529 g/mol. The largest absolute Gasteiger partial charge is 0.516 e. The van der Waals surface area contributed by atoms with Crippen LogP contribution in [0.2, 0.25) is 0 Å². The van der Waals surface area contributed by atoms with Crippen LogP contribution in [0.25, 0.3) is 11.1 Å². The van der Waals surface area contributed by atoms with E-state index < -0.39 is 54.3 Å². The molecule has 1 atom stereocenters. The van der Waals surface area contributed by atoms with Gasteiger partial charge in [-0.2, -0.15) is 13.9 Å². The third kappa shape index (κ3) is 6.22. The maximum Gasteiger partial charge on any atom is 0.516 e. The molecule has 3 aromatic rings. The smallest absolute Gasteiger partial charge is 0.444 e. The summed E-state index contributed by atoms with van der Waals surface area (Å²) >= 11 is 0. The number of carbonyl (C=O) groups excluding carboxylic acids is 1. The van der Waals surface area contributed by atoms with Gasteiger partial charge in [-0.25, -0.2) is 17.7 Å². The van der Waals surface area contributed by atoms with Crippen LogP contribution in [0.4, 0.5) is 22.0 Å². The van der Waals surface area contributed by atoms with Crippen molar-refractivity contribution < 1.29 is 45.1 Å². The van der Waals surface area contributed by atoms with Crippen molar-refractivity contribution in [3.63, 3.8) is 0 Å². The molecule has 0 aliphatic carbocycles. The number of carbonyl (C=O) groups is 1. The molecule has 36 heavy (non-hydrogen) atoms. The highest BCUT2D eigenvalue weighted by atomic mass is 31.2. The van der Waals surface area contributed by atoms with Crippen LogP contribution in [-0.4, -0.2) is 11.7 Å². The lowest BCUT2D eigenvalue weighted by atomic mass is 10.1. The maximum atomic E-state index is 14.3. The molecule has 3 aromatic carbocycles. The Labute approximate surface area is 203 Å². The van der Waals surface area contributed by atoms with Gasteiger partial charge in [-0.1, -0.05) is 49.4 Å². The third-order valence-corrected chi connectivity index (χ3v) is 6.32. The van der Waals surface area contributed by atoms with Crippen LogP contribution in [0.1, 0.15) is 27.2 Å². The van der Waals surface area contributed by atoms with E-state index in [4.69, 9.17) is 13.8 Å². The minimum absolute atomic E-state index is 0.0737. The van der Waals surface area contributed by atoms with Gasteiger partial charge in [0.15, 0.2) is 5.72 Å². The minimum atomic E-state index is -5.01. The summed E-state index contributed by atoms with van der Waals surface area (Å²) in [6, 6.07) is 15.0. The molecule has 0 heterocycles. The summed E-state index contributed by atoms with van der Waals surface area (Å²) < 4.78 is 98.2. The normalized spacial score (nSPS) is 13.1. The Morgan fingerprint density at radius 3 is 1.83 bits per heavy atom. The summed E-state index contributed by atoms with van der Waals surface area (Å²) in [5.41, 5.74) is -0.226. The van der Waals surface area contributed by atoms with Gasteiger partial charge in [0.2, 0.25) is 34.8 Å². The Hall–Kier alpha value is -3.43. The number of esters is 1. The number of hydrogen-bond acceptors (Lipinski definition) is 5. The fourth-order valence-corrected chi connectivity index (χ4v) is 4.67. The van der Waals surface area contributed by atoms with Crippen molar-refractivity contribution in [2.24, 2.45) is 0 Å². The second-order valence-electron chi connectivity index (χ2n) is 7.92. The summed E-state index contributed by atoms with van der Waals surface area (Å²) in [6.07, 6.45) is -0.0737. The first-order valence-electron chi connectivity index (χ1n) is 10.5. The van der Waals surface area contributed by atoms with Crippen molar-refractivity contribution in [3.05, 3.63) is 83.7 Å². The van der Waals surface area contributed by atoms with E-state index in [1.807, 2.05) is 30.3 Å². The molecule has 0 aromatic heterocycles. The molecule has 0 fully saturated rings. The second kappa shape index (κ2) is 10.7. The van der Waals surface area contributed by atoms with E-state index in [0.717, 1.165) is 11.1 Å². The Balaban J connectivity index is 2.00. The molecule has 192 valence electrons. The van der Waals surface area contributed by atoms with Gasteiger partial charge in [-0.3, -0.25) is 4.79 Å². The zero-order chi connectivity index (χ0) is 26.7. The highest BCUT2D eigenvalue weighted by molar-refractivity contribution is 7.52. The van der Waals surface area contributed by atoms with Crippen LogP contribution in [0, 0.1) is 29.1 Å². The zero-order valence-corrected chi connectivity index (χ0v) is 20.2. The quantitative estimate of drug-likeness (QED) is 0.0813. The predicted molar refractivity (Wildman–Crippen MR) is 121 cm³/mol. The Bertz CT molecular complexity index is 1270. The maximum absolute atomic E-state index is 14.3. The summed E-state index contributed by atoms with van der Waals surface area (Å²) in [6.45, 7) is 3.92. The van der Waals surface area contributed by atoms with Crippen molar-refractivity contribution in [3.8, 4) is 22.6 Å². The molecule has 0 radical (unpaired) electrons. The van der Waals surface area contributed by atoms with Gasteiger partial charge >= 0.3 is 13.7 Å². The average molecular weight is 529 g/mol. The first-order chi connectivity index (χ1) is 16.9. The van der Waals surface area contributed by atoms with Crippen molar-refractivity contribution in [1.29, 1.82) is 0 Å². The molecule has 0 amide bonds. The van der Waals surface area contributed by atoms with E-state index in [9.17, 15) is 31.3 Å². The molecular formula is C24H21F5NO5P. The van der Waals surface area contributed by atoms with Gasteiger partial charge in [-0.15, -0.1) is 0 Å². The van der Waals surface area contributed by atoms with Crippen LogP contribution < -0.4 is 14.1 Å². The molecule has 0 unspecified atom stereocenters. The minimum Gasteiger partial charge on any atom is -0.444 e. The fourth-order valence-electron chi connectivity index (χ4n) is 3.04. The first kappa shape index (κ1) is 27.2. The van der Waals surface area contributed by atoms with Crippen LogP contribution >= 0.6 is 7.75 Å². The molecule has 1 N–H and O–H groups in total. The SMILES string of the molecule is CCC(=O)OC(C)(C)N[P@](=O)(Oc1ccc(-c2ccccc2)cc1)Oc1c(F)c(F)c(F)c(F)c1F. The highest BCUT2D eigenvalue weighted by Crippen LogP contribution is 2.49. The van der Waals surface area contributed by atoms with Crippen LogP contribution in [-0.2, 0) is 14.1 Å². The zero-order valence-electron chi connectivity index (χ0n) is 19.3. The average Bonchev–Trinajstić information content (AvgIpc) is 2.84. The highest BCUT2D eigenvalue weighted by Gasteiger charge is 2.41. The molecule has 0 bridgehead atoms. The van der Waals surface area contributed by atoms with Crippen molar-refractivity contribution >= 4 is 13.7 Å². The van der Waals surface area contributed by atoms with Crippen molar-refractivity contribution in [1.82, 2.24) is 5.09 Å². The number of hydrogen-bond donors (Lipinski definition) is 1. The predicted octanol–water partition coefficient (Wildman–Crippen LogP) is 6.89. The summed E-state index contributed by atoms with van der Waals surface area (Å²) in [5.74, 6) is -14.5. The number of benzene rings is 3. The third-order valence-electron chi connectivity index (χ3n) is 4.63. The number of ether oxygens (including phenoxy) is 1. The van der Waals surface area contributed by atoms with Crippen molar-refractivity contribution in [2.75, 3.05) is 0 Å². The molecule has 3 rings (SSSR count). The van der Waals surface area contributed by atoms with E-state index in [1.54, 1.807) is 12.1 Å². The Morgan fingerprint density at radius 1 is 0.806 bits per heavy atom. The topological polar surface area (TPSA) is 73.9 Å². The Kier molecular flexibility index (Phi) is 8.05. The lowest BCUT2D eigenvalue weighted by Crippen LogP contribution is -2.43. The molecule has 0 aliphatic rings. The number of halogens is 5. The first-order valence-corrected chi connectivity index (χ1v) is 12.1. The Morgan fingerprint density at radius 2 is 1.31 bits per heavy atom. The van der Waals surface area contributed by atoms with Gasteiger partial charge in [0.25, 0.3) is 0 Å². The van der Waals surface area contributed by atoms with E-state index >= 15 is 0 Å². The summed E-state index contributed by atoms with van der Waals surface area (Å²) in [7, 11) is -5.01. The standard InChI is InChI=1S/C24H21F5NO5P/c1-4-17(31)33-24(2,3)30-36(32,35-23-21(28)19(26)18(25)20(27)22(23)29)34-16-12-10-15(11-13-16)14-8-6-5-7-9-14/h5-13H,4H2,1-3H3,(H,30,32)/t36-/m0/s1. The van der Waals surface area contributed by atoms with Gasteiger partial charge in [0.1, 0.15) is 5.75 Å². The van der Waals surface area contributed by atoms with E-state index in [0.29, 0.717) is 0 Å². The second-order valence-corrected chi connectivity index (χ2v) is 9.50. The van der Waals surface area contributed by atoms with Gasteiger partial charge in [-0.05, 0) is 37.1 Å². The number of nitrogens with one attached hydrogen (secondary N) is 1. The van der Waals surface area contributed by atoms with Crippen LogP contribution in [0.15, 0.2) is 54.6 Å².